The number of nitrogens with one attached hydrogen (secondary N) is 2. The van der Waals surface area contributed by atoms with Gasteiger partial charge in [-0.05, 0) is 23.8 Å². The lowest BCUT2D eigenvalue weighted by Crippen LogP contribution is -2.58. The highest BCUT2D eigenvalue weighted by Crippen LogP contribution is 2.24. The number of aromatic nitrogens is 4. The van der Waals surface area contributed by atoms with E-state index in [1.807, 2.05) is 0 Å². The molecule has 1 aromatic heterocycles. The fourth-order valence-corrected chi connectivity index (χ4v) is 2.63. The van der Waals surface area contributed by atoms with Crippen molar-refractivity contribution in [3.63, 3.8) is 0 Å². The van der Waals surface area contributed by atoms with Gasteiger partial charge in [-0.3, -0.25) is 4.79 Å². The van der Waals surface area contributed by atoms with Gasteiger partial charge in [0.2, 0.25) is 5.91 Å². The Morgan fingerprint density at radius 3 is 2.95 bits per heavy atom. The molecule has 0 radical (unpaired) electrons. The number of likely N-dealkylation sites (tertiary alicyclic amines) is 1. The van der Waals surface area contributed by atoms with E-state index in [9.17, 15) is 15.0 Å². The topological polar surface area (TPSA) is 128 Å². The summed E-state index contributed by atoms with van der Waals surface area (Å²) >= 11 is 0. The van der Waals surface area contributed by atoms with Gasteiger partial charge in [-0.25, -0.2) is 15.5 Å². The second-order valence-corrected chi connectivity index (χ2v) is 5.79. The van der Waals surface area contributed by atoms with Crippen LogP contribution in [0.1, 0.15) is 25.9 Å². The number of rotatable bonds is 2. The number of hydrazine groups is 1. The van der Waals surface area contributed by atoms with Gasteiger partial charge in [-0.2, -0.15) is 0 Å². The summed E-state index contributed by atoms with van der Waals surface area (Å²) in [6.45, 7) is 2.15. The number of nitrogens with zero attached hydrogens (tertiary/aromatic N) is 5. The molecule has 2 saturated heterocycles. The van der Waals surface area contributed by atoms with Crippen molar-refractivity contribution >= 4 is 5.91 Å². The van der Waals surface area contributed by atoms with Gasteiger partial charge in [0.05, 0.1) is 11.7 Å². The van der Waals surface area contributed by atoms with Crippen molar-refractivity contribution in [2.75, 3.05) is 13.1 Å². The van der Waals surface area contributed by atoms with Crippen LogP contribution >= 0.6 is 0 Å². The summed E-state index contributed by atoms with van der Waals surface area (Å²) in [5.41, 5.74) is 4.76. The maximum Gasteiger partial charge on any atom is 0.241 e. The molecule has 0 spiro atoms. The van der Waals surface area contributed by atoms with Crippen molar-refractivity contribution in [1.29, 1.82) is 0 Å². The third-order valence-corrected chi connectivity index (χ3v) is 4.18. The second kappa shape index (κ2) is 5.30. The average Bonchev–Trinajstić information content (AvgIpc) is 3.10. The molecule has 0 aromatic carbocycles. The zero-order chi connectivity index (χ0) is 15.0. The van der Waals surface area contributed by atoms with Crippen molar-refractivity contribution in [2.45, 2.75) is 43.7 Å². The quantitative estimate of drug-likeness (QED) is 0.467. The summed E-state index contributed by atoms with van der Waals surface area (Å²) in [7, 11) is 0. The zero-order valence-corrected chi connectivity index (χ0v) is 11.7. The zero-order valence-electron chi connectivity index (χ0n) is 11.7. The normalized spacial score (nSPS) is 36.9. The van der Waals surface area contributed by atoms with E-state index in [1.54, 1.807) is 11.8 Å². The Balaban J connectivity index is 1.60. The Hall–Kier alpha value is -1.62. The van der Waals surface area contributed by atoms with E-state index in [0.29, 0.717) is 19.4 Å². The number of carbonyl (C=O) groups is 1. The predicted molar refractivity (Wildman–Crippen MR) is 69.4 cm³/mol. The number of β-amino-alcohol motifs (C(OH)–C–C–N with tert-alkyl or cyclic N) is 1. The molecule has 2 aliphatic rings. The first kappa shape index (κ1) is 14.3. The monoisotopic (exact) mass is 297 g/mol. The third-order valence-electron chi connectivity index (χ3n) is 4.18. The Kier molecular flexibility index (Phi) is 3.61. The van der Waals surface area contributed by atoms with Gasteiger partial charge in [0.1, 0.15) is 18.5 Å². The van der Waals surface area contributed by atoms with Gasteiger partial charge in [0.25, 0.3) is 0 Å². The fraction of sp³-hybridized carbons (Fsp3) is 0.818. The highest BCUT2D eigenvalue weighted by Gasteiger charge is 2.41. The van der Waals surface area contributed by atoms with E-state index >= 15 is 0 Å². The van der Waals surface area contributed by atoms with E-state index in [1.165, 1.54) is 11.0 Å². The molecule has 1 aromatic rings. The lowest BCUT2D eigenvalue weighted by Gasteiger charge is -2.40. The molecule has 1 amide bonds. The van der Waals surface area contributed by atoms with Gasteiger partial charge < -0.3 is 15.1 Å². The van der Waals surface area contributed by atoms with Crippen molar-refractivity contribution in [3.05, 3.63) is 6.33 Å². The van der Waals surface area contributed by atoms with Crippen LogP contribution < -0.4 is 10.9 Å². The number of carbonyl (C=O) groups excluding carboxylic acids is 1. The van der Waals surface area contributed by atoms with E-state index in [4.69, 9.17) is 0 Å². The maximum absolute atomic E-state index is 12.4. The molecular weight excluding hydrogens is 278 g/mol. The number of piperidine rings is 1. The summed E-state index contributed by atoms with van der Waals surface area (Å²) in [4.78, 5) is 14.0. The SMILES string of the molecule is C[C@@]1(O)CCN(C(=O)C2CC(n3cnnn3)NN2)C[C@@H]1O. The van der Waals surface area contributed by atoms with Crippen LogP contribution in [0.2, 0.25) is 0 Å². The molecule has 3 heterocycles. The molecule has 4 atom stereocenters. The molecular formula is C11H19N7O3. The second-order valence-electron chi connectivity index (χ2n) is 5.79. The number of aliphatic hydroxyl groups is 2. The van der Waals surface area contributed by atoms with E-state index in [-0.39, 0.29) is 18.6 Å². The Morgan fingerprint density at radius 1 is 1.48 bits per heavy atom. The van der Waals surface area contributed by atoms with Gasteiger partial charge in [0, 0.05) is 19.5 Å². The first-order chi connectivity index (χ1) is 9.97. The molecule has 4 N–H and O–H groups in total. The summed E-state index contributed by atoms with van der Waals surface area (Å²) in [6.07, 6.45) is 1.23. The van der Waals surface area contributed by atoms with Crippen LogP contribution in [0, 0.1) is 0 Å². The first-order valence-electron chi connectivity index (χ1n) is 6.90. The van der Waals surface area contributed by atoms with E-state index in [0.717, 1.165) is 0 Å². The summed E-state index contributed by atoms with van der Waals surface area (Å²) < 4.78 is 1.54. The van der Waals surface area contributed by atoms with Crippen LogP contribution in [0.4, 0.5) is 0 Å². The van der Waals surface area contributed by atoms with Crippen molar-refractivity contribution in [2.24, 2.45) is 0 Å². The maximum atomic E-state index is 12.4. The molecule has 10 heteroatoms. The van der Waals surface area contributed by atoms with Crippen LogP contribution in [-0.4, -0.2) is 72.1 Å². The summed E-state index contributed by atoms with van der Waals surface area (Å²) in [5, 5.41) is 30.7. The molecule has 2 unspecified atom stereocenters. The van der Waals surface area contributed by atoms with Crippen molar-refractivity contribution in [3.8, 4) is 0 Å². The molecule has 0 bridgehead atoms. The average molecular weight is 297 g/mol. The number of hydrogen-bond acceptors (Lipinski definition) is 8. The molecule has 3 rings (SSSR count). The minimum atomic E-state index is -1.13. The van der Waals surface area contributed by atoms with Crippen molar-refractivity contribution in [1.82, 2.24) is 36.0 Å². The number of hydrogen-bond donors (Lipinski definition) is 4. The van der Waals surface area contributed by atoms with E-state index in [2.05, 4.69) is 26.4 Å². The van der Waals surface area contributed by atoms with Crippen LogP contribution in [0.25, 0.3) is 0 Å². The third kappa shape index (κ3) is 2.75. The fourth-order valence-electron chi connectivity index (χ4n) is 2.63. The Labute approximate surface area is 121 Å². The largest absolute Gasteiger partial charge is 0.388 e. The predicted octanol–water partition coefficient (Wildman–Crippen LogP) is -2.62. The van der Waals surface area contributed by atoms with Gasteiger partial charge in [-0.15, -0.1) is 5.10 Å². The highest BCUT2D eigenvalue weighted by molar-refractivity contribution is 5.82. The first-order valence-corrected chi connectivity index (χ1v) is 6.90. The van der Waals surface area contributed by atoms with Gasteiger partial charge in [-0.1, -0.05) is 0 Å². The Morgan fingerprint density at radius 2 is 2.29 bits per heavy atom. The number of aliphatic hydroxyl groups excluding tert-OH is 1. The van der Waals surface area contributed by atoms with Crippen LogP contribution in [-0.2, 0) is 4.79 Å². The molecule has 10 nitrogen and oxygen atoms in total. The van der Waals surface area contributed by atoms with Crippen molar-refractivity contribution < 1.29 is 15.0 Å². The smallest absolute Gasteiger partial charge is 0.241 e. The molecule has 2 aliphatic heterocycles. The van der Waals surface area contributed by atoms with E-state index < -0.39 is 17.7 Å². The molecule has 0 aliphatic carbocycles. The minimum Gasteiger partial charge on any atom is -0.388 e. The molecule has 2 fully saturated rings. The summed E-state index contributed by atoms with van der Waals surface area (Å²) in [5.74, 6) is -0.104. The molecule has 116 valence electrons. The number of amides is 1. The summed E-state index contributed by atoms with van der Waals surface area (Å²) in [6, 6.07) is -0.408. The molecule has 21 heavy (non-hydrogen) atoms. The van der Waals surface area contributed by atoms with Gasteiger partial charge in [0.15, 0.2) is 0 Å². The van der Waals surface area contributed by atoms with Crippen LogP contribution in [0.15, 0.2) is 6.33 Å². The minimum absolute atomic E-state index is 0.104. The Bertz CT molecular complexity index is 506. The van der Waals surface area contributed by atoms with Gasteiger partial charge >= 0.3 is 0 Å². The molecule has 0 saturated carbocycles. The lowest BCUT2D eigenvalue weighted by molar-refractivity contribution is -0.148. The number of tetrazole rings is 1. The highest BCUT2D eigenvalue weighted by atomic mass is 16.3. The standard InChI is InChI=1S/C11H19N7O3/c1-11(21)2-3-17(5-8(11)19)10(20)7-4-9(14-13-7)18-6-12-15-16-18/h6-9,13-14,19,21H,2-5H2,1H3/t7?,8-,9?,11+/m0/s1. The lowest BCUT2D eigenvalue weighted by atomic mass is 9.90. The van der Waals surface area contributed by atoms with Crippen LogP contribution in [0.3, 0.4) is 0 Å². The van der Waals surface area contributed by atoms with Crippen LogP contribution in [0.5, 0.6) is 0 Å².